The maximum absolute atomic E-state index is 10.4. The van der Waals surface area contributed by atoms with Crippen molar-refractivity contribution in [2.75, 3.05) is 6.61 Å². The molecule has 0 saturated carbocycles. The predicted octanol–water partition coefficient (Wildman–Crippen LogP) is 0.923. The standard InChI is InChI=1S/C8H17NO2/c1-6(2)4-8(9)5-11-7(3)10/h6,8H,4-5,9H2,1-3H3. The first-order valence-corrected chi connectivity index (χ1v) is 3.91. The topological polar surface area (TPSA) is 52.3 Å². The molecule has 0 rings (SSSR count). The number of nitrogens with two attached hydrogens (primary N) is 1. The van der Waals surface area contributed by atoms with Crippen molar-refractivity contribution >= 4 is 5.97 Å². The zero-order valence-electron chi connectivity index (χ0n) is 7.46. The lowest BCUT2D eigenvalue weighted by Crippen LogP contribution is -2.28. The van der Waals surface area contributed by atoms with Gasteiger partial charge in [-0.2, -0.15) is 0 Å². The van der Waals surface area contributed by atoms with Gasteiger partial charge in [0.1, 0.15) is 6.61 Å². The Hall–Kier alpha value is -0.570. The maximum Gasteiger partial charge on any atom is 0.302 e. The van der Waals surface area contributed by atoms with Crippen molar-refractivity contribution in [3.63, 3.8) is 0 Å². The van der Waals surface area contributed by atoms with Gasteiger partial charge in [0.15, 0.2) is 0 Å². The summed E-state index contributed by atoms with van der Waals surface area (Å²) in [6.45, 7) is 5.91. The third kappa shape index (κ3) is 7.33. The summed E-state index contributed by atoms with van der Waals surface area (Å²) in [7, 11) is 0. The molecule has 0 radical (unpaired) electrons. The van der Waals surface area contributed by atoms with Gasteiger partial charge in [-0.05, 0) is 12.3 Å². The van der Waals surface area contributed by atoms with Gasteiger partial charge in [-0.15, -0.1) is 0 Å². The molecule has 0 aliphatic carbocycles. The Labute approximate surface area is 67.9 Å². The van der Waals surface area contributed by atoms with E-state index < -0.39 is 0 Å². The molecule has 0 spiro atoms. The summed E-state index contributed by atoms with van der Waals surface area (Å²) in [5.41, 5.74) is 5.65. The molecular formula is C8H17NO2. The van der Waals surface area contributed by atoms with E-state index in [-0.39, 0.29) is 12.0 Å². The Balaban J connectivity index is 3.37. The SMILES string of the molecule is CC(=O)OCC(N)CC(C)C. The van der Waals surface area contributed by atoms with E-state index in [1.165, 1.54) is 6.92 Å². The lowest BCUT2D eigenvalue weighted by molar-refractivity contribution is -0.141. The molecule has 11 heavy (non-hydrogen) atoms. The molecule has 0 heterocycles. The molecule has 0 aromatic rings. The van der Waals surface area contributed by atoms with Crippen LogP contribution in [-0.2, 0) is 9.53 Å². The summed E-state index contributed by atoms with van der Waals surface area (Å²) in [6.07, 6.45) is 0.896. The van der Waals surface area contributed by atoms with Gasteiger partial charge in [0.25, 0.3) is 0 Å². The minimum atomic E-state index is -0.260. The van der Waals surface area contributed by atoms with Crippen LogP contribution in [0.25, 0.3) is 0 Å². The van der Waals surface area contributed by atoms with Crippen LogP contribution in [0.4, 0.5) is 0 Å². The van der Waals surface area contributed by atoms with Gasteiger partial charge in [-0.1, -0.05) is 13.8 Å². The zero-order valence-corrected chi connectivity index (χ0v) is 7.46. The van der Waals surface area contributed by atoms with Crippen molar-refractivity contribution in [2.45, 2.75) is 33.2 Å². The van der Waals surface area contributed by atoms with Crippen LogP contribution in [0, 0.1) is 5.92 Å². The first-order chi connectivity index (χ1) is 5.02. The summed E-state index contributed by atoms with van der Waals surface area (Å²) in [5, 5.41) is 0. The fourth-order valence-corrected chi connectivity index (χ4v) is 0.898. The van der Waals surface area contributed by atoms with E-state index in [4.69, 9.17) is 10.5 Å². The molecular weight excluding hydrogens is 142 g/mol. The Morgan fingerprint density at radius 2 is 2.09 bits per heavy atom. The molecule has 0 amide bonds. The Kier molecular flexibility index (Phi) is 4.86. The van der Waals surface area contributed by atoms with Crippen LogP contribution in [0.15, 0.2) is 0 Å². The van der Waals surface area contributed by atoms with Crippen molar-refractivity contribution < 1.29 is 9.53 Å². The highest BCUT2D eigenvalue weighted by atomic mass is 16.5. The Bertz CT molecular complexity index is 123. The highest BCUT2D eigenvalue weighted by molar-refractivity contribution is 5.65. The average molecular weight is 159 g/mol. The number of ether oxygens (including phenoxy) is 1. The molecule has 3 nitrogen and oxygen atoms in total. The van der Waals surface area contributed by atoms with Crippen LogP contribution >= 0.6 is 0 Å². The van der Waals surface area contributed by atoms with E-state index in [9.17, 15) is 4.79 Å². The molecule has 0 bridgehead atoms. The fourth-order valence-electron chi connectivity index (χ4n) is 0.898. The second-order valence-electron chi connectivity index (χ2n) is 3.19. The van der Waals surface area contributed by atoms with Crippen molar-refractivity contribution in [1.82, 2.24) is 0 Å². The minimum Gasteiger partial charge on any atom is -0.464 e. The average Bonchev–Trinajstić information content (AvgIpc) is 1.82. The number of esters is 1. The molecule has 0 aliphatic heterocycles. The van der Waals surface area contributed by atoms with Crippen molar-refractivity contribution in [2.24, 2.45) is 11.7 Å². The molecule has 0 fully saturated rings. The van der Waals surface area contributed by atoms with Crippen LogP contribution < -0.4 is 5.73 Å². The monoisotopic (exact) mass is 159 g/mol. The molecule has 0 aromatic carbocycles. The van der Waals surface area contributed by atoms with Crippen molar-refractivity contribution in [3.05, 3.63) is 0 Å². The lowest BCUT2D eigenvalue weighted by Gasteiger charge is -2.12. The molecule has 0 saturated heterocycles. The van der Waals surface area contributed by atoms with Gasteiger partial charge in [0.05, 0.1) is 0 Å². The number of carbonyl (C=O) groups is 1. The summed E-state index contributed by atoms with van der Waals surface area (Å²) >= 11 is 0. The van der Waals surface area contributed by atoms with E-state index in [1.807, 2.05) is 0 Å². The van der Waals surface area contributed by atoms with Gasteiger partial charge in [-0.25, -0.2) is 0 Å². The molecule has 0 aliphatic rings. The van der Waals surface area contributed by atoms with Gasteiger partial charge < -0.3 is 10.5 Å². The summed E-state index contributed by atoms with van der Waals surface area (Å²) in [6, 6.07) is -0.0149. The normalized spacial score (nSPS) is 13.2. The van der Waals surface area contributed by atoms with Gasteiger partial charge >= 0.3 is 5.97 Å². The predicted molar refractivity (Wildman–Crippen MR) is 44.1 cm³/mol. The highest BCUT2D eigenvalue weighted by Gasteiger charge is 2.06. The van der Waals surface area contributed by atoms with Crippen molar-refractivity contribution in [3.8, 4) is 0 Å². The van der Waals surface area contributed by atoms with E-state index in [2.05, 4.69) is 13.8 Å². The summed E-state index contributed by atoms with van der Waals surface area (Å²) in [5.74, 6) is 0.296. The summed E-state index contributed by atoms with van der Waals surface area (Å²) < 4.78 is 4.74. The van der Waals surface area contributed by atoms with E-state index in [1.54, 1.807) is 0 Å². The van der Waals surface area contributed by atoms with Crippen LogP contribution in [-0.4, -0.2) is 18.6 Å². The second kappa shape index (κ2) is 5.13. The molecule has 1 unspecified atom stereocenters. The van der Waals surface area contributed by atoms with Gasteiger partial charge in [0, 0.05) is 13.0 Å². The Morgan fingerprint density at radius 3 is 2.45 bits per heavy atom. The van der Waals surface area contributed by atoms with Crippen LogP contribution in [0.3, 0.4) is 0 Å². The van der Waals surface area contributed by atoms with E-state index >= 15 is 0 Å². The maximum atomic E-state index is 10.4. The van der Waals surface area contributed by atoms with Gasteiger partial charge in [0.2, 0.25) is 0 Å². The van der Waals surface area contributed by atoms with Gasteiger partial charge in [-0.3, -0.25) is 4.79 Å². The molecule has 1 atom stereocenters. The summed E-state index contributed by atoms with van der Waals surface area (Å²) in [4.78, 5) is 10.4. The highest BCUT2D eigenvalue weighted by Crippen LogP contribution is 2.02. The first-order valence-electron chi connectivity index (χ1n) is 3.91. The molecule has 66 valence electrons. The third-order valence-electron chi connectivity index (χ3n) is 1.27. The van der Waals surface area contributed by atoms with Crippen LogP contribution in [0.1, 0.15) is 27.2 Å². The molecule has 0 aromatic heterocycles. The largest absolute Gasteiger partial charge is 0.464 e. The number of rotatable bonds is 4. The number of hydrogen-bond acceptors (Lipinski definition) is 3. The van der Waals surface area contributed by atoms with E-state index in [0.29, 0.717) is 12.5 Å². The molecule has 2 N–H and O–H groups in total. The third-order valence-corrected chi connectivity index (χ3v) is 1.27. The second-order valence-corrected chi connectivity index (χ2v) is 3.19. The number of hydrogen-bond donors (Lipinski definition) is 1. The number of carbonyl (C=O) groups excluding carboxylic acids is 1. The van der Waals surface area contributed by atoms with Crippen LogP contribution in [0.2, 0.25) is 0 Å². The quantitative estimate of drug-likeness (QED) is 0.621. The van der Waals surface area contributed by atoms with Crippen molar-refractivity contribution in [1.29, 1.82) is 0 Å². The minimum absolute atomic E-state index is 0.0149. The fraction of sp³-hybridized carbons (Fsp3) is 0.875. The lowest BCUT2D eigenvalue weighted by atomic mass is 10.1. The van der Waals surface area contributed by atoms with E-state index in [0.717, 1.165) is 6.42 Å². The smallest absolute Gasteiger partial charge is 0.302 e. The van der Waals surface area contributed by atoms with Crippen LogP contribution in [0.5, 0.6) is 0 Å². The Morgan fingerprint density at radius 1 is 1.55 bits per heavy atom. The molecule has 3 heteroatoms. The zero-order chi connectivity index (χ0) is 8.85. The first kappa shape index (κ1) is 10.4.